The van der Waals surface area contributed by atoms with Crippen LogP contribution in [0.2, 0.25) is 0 Å². The smallest absolute Gasteiger partial charge is 0.260 e. The molecule has 0 saturated carbocycles. The van der Waals surface area contributed by atoms with Crippen molar-refractivity contribution < 1.29 is 19.0 Å². The Hall–Kier alpha value is -2.69. The molecule has 24 heavy (non-hydrogen) atoms. The maximum atomic E-state index is 12.0. The Kier molecular flexibility index (Phi) is 6.49. The molecule has 128 valence electrons. The van der Waals surface area contributed by atoms with Gasteiger partial charge in [-0.3, -0.25) is 4.79 Å². The Bertz CT molecular complexity index is 672. The molecule has 5 heteroatoms. The Morgan fingerprint density at radius 2 is 1.79 bits per heavy atom. The van der Waals surface area contributed by atoms with Crippen LogP contribution in [0, 0.1) is 6.92 Å². The molecule has 1 atom stereocenters. The van der Waals surface area contributed by atoms with Crippen LogP contribution in [-0.4, -0.2) is 32.3 Å². The van der Waals surface area contributed by atoms with E-state index >= 15 is 0 Å². The maximum absolute atomic E-state index is 12.0. The predicted octanol–water partition coefficient (Wildman–Crippen LogP) is 2.97. The highest BCUT2D eigenvalue weighted by atomic mass is 16.5. The van der Waals surface area contributed by atoms with Crippen molar-refractivity contribution in [3.63, 3.8) is 0 Å². The second-order valence-corrected chi connectivity index (χ2v) is 5.40. The fourth-order valence-corrected chi connectivity index (χ4v) is 2.12. The Balaban J connectivity index is 1.73. The minimum atomic E-state index is -0.601. The molecule has 0 unspecified atom stereocenters. The van der Waals surface area contributed by atoms with Crippen LogP contribution in [0.1, 0.15) is 12.5 Å². The second-order valence-electron chi connectivity index (χ2n) is 5.40. The molecule has 0 bridgehead atoms. The summed E-state index contributed by atoms with van der Waals surface area (Å²) in [7, 11) is 1.59. The van der Waals surface area contributed by atoms with Crippen LogP contribution >= 0.6 is 0 Å². The number of benzene rings is 2. The van der Waals surface area contributed by atoms with E-state index in [0.717, 1.165) is 11.3 Å². The molecule has 0 radical (unpaired) electrons. The first kappa shape index (κ1) is 17.7. The summed E-state index contributed by atoms with van der Waals surface area (Å²) in [4.78, 5) is 12.0. The van der Waals surface area contributed by atoms with E-state index in [-0.39, 0.29) is 5.91 Å². The first-order valence-corrected chi connectivity index (χ1v) is 7.86. The van der Waals surface area contributed by atoms with E-state index in [0.29, 0.717) is 24.7 Å². The molecule has 0 fully saturated rings. The van der Waals surface area contributed by atoms with Gasteiger partial charge in [-0.25, -0.2) is 0 Å². The number of aryl methyl sites for hydroxylation is 1. The zero-order chi connectivity index (χ0) is 17.4. The van der Waals surface area contributed by atoms with E-state index in [1.54, 1.807) is 26.2 Å². The number of nitrogens with one attached hydrogen (secondary N) is 1. The van der Waals surface area contributed by atoms with Gasteiger partial charge < -0.3 is 19.5 Å². The van der Waals surface area contributed by atoms with Crippen molar-refractivity contribution in [3.05, 3.63) is 54.1 Å². The number of rotatable bonds is 8. The number of carbonyl (C=O) groups excluding carboxylic acids is 1. The molecule has 0 aliphatic heterocycles. The average Bonchev–Trinajstić information content (AvgIpc) is 2.58. The van der Waals surface area contributed by atoms with E-state index in [9.17, 15) is 4.79 Å². The van der Waals surface area contributed by atoms with Gasteiger partial charge >= 0.3 is 0 Å². The van der Waals surface area contributed by atoms with Crippen LogP contribution in [0.4, 0.5) is 0 Å². The van der Waals surface area contributed by atoms with Crippen molar-refractivity contribution in [2.24, 2.45) is 0 Å². The number of carbonyl (C=O) groups is 1. The van der Waals surface area contributed by atoms with Crippen molar-refractivity contribution >= 4 is 5.91 Å². The molecule has 1 N–H and O–H groups in total. The van der Waals surface area contributed by atoms with Crippen LogP contribution < -0.4 is 19.5 Å². The van der Waals surface area contributed by atoms with Gasteiger partial charge in [0.2, 0.25) is 0 Å². The molecule has 0 aliphatic carbocycles. The lowest BCUT2D eigenvalue weighted by molar-refractivity contribution is -0.127. The van der Waals surface area contributed by atoms with Gasteiger partial charge in [0, 0.05) is 6.07 Å². The summed E-state index contributed by atoms with van der Waals surface area (Å²) >= 11 is 0. The topological polar surface area (TPSA) is 56.8 Å². The highest BCUT2D eigenvalue weighted by molar-refractivity contribution is 5.80. The fourth-order valence-electron chi connectivity index (χ4n) is 2.12. The van der Waals surface area contributed by atoms with Crippen LogP contribution in [0.3, 0.4) is 0 Å². The third-order valence-corrected chi connectivity index (χ3v) is 3.38. The van der Waals surface area contributed by atoms with Gasteiger partial charge in [0.25, 0.3) is 5.91 Å². The van der Waals surface area contributed by atoms with E-state index < -0.39 is 6.10 Å². The zero-order valence-electron chi connectivity index (χ0n) is 14.2. The fraction of sp³-hybridized carbons (Fsp3) is 0.316. The van der Waals surface area contributed by atoms with Crippen molar-refractivity contribution in [3.8, 4) is 17.2 Å². The summed E-state index contributed by atoms with van der Waals surface area (Å²) < 4.78 is 16.3. The van der Waals surface area contributed by atoms with E-state index in [2.05, 4.69) is 5.32 Å². The number of hydrogen-bond donors (Lipinski definition) is 1. The van der Waals surface area contributed by atoms with Gasteiger partial charge in [0.1, 0.15) is 23.9 Å². The molecule has 0 spiro atoms. The van der Waals surface area contributed by atoms with Crippen molar-refractivity contribution in [2.75, 3.05) is 20.3 Å². The Labute approximate surface area is 142 Å². The lowest BCUT2D eigenvalue weighted by atomic mass is 10.2. The largest absolute Gasteiger partial charge is 0.497 e. The summed E-state index contributed by atoms with van der Waals surface area (Å²) in [5, 5.41) is 2.80. The first-order chi connectivity index (χ1) is 11.6. The summed E-state index contributed by atoms with van der Waals surface area (Å²) in [5.41, 5.74) is 1.14. The molecule has 2 aromatic rings. The van der Waals surface area contributed by atoms with E-state index in [1.807, 2.05) is 43.3 Å². The zero-order valence-corrected chi connectivity index (χ0v) is 14.2. The van der Waals surface area contributed by atoms with E-state index in [1.165, 1.54) is 0 Å². The highest BCUT2D eigenvalue weighted by Gasteiger charge is 2.14. The second kappa shape index (κ2) is 8.82. The van der Waals surface area contributed by atoms with Gasteiger partial charge in [-0.05, 0) is 43.7 Å². The molecule has 0 heterocycles. The molecule has 2 aromatic carbocycles. The van der Waals surface area contributed by atoms with Gasteiger partial charge in [0.15, 0.2) is 6.10 Å². The quantitative estimate of drug-likeness (QED) is 0.757. The third kappa shape index (κ3) is 5.50. The van der Waals surface area contributed by atoms with Gasteiger partial charge in [-0.2, -0.15) is 0 Å². The van der Waals surface area contributed by atoms with Gasteiger partial charge in [0.05, 0.1) is 13.7 Å². The predicted molar refractivity (Wildman–Crippen MR) is 92.8 cm³/mol. The molecule has 5 nitrogen and oxygen atoms in total. The summed E-state index contributed by atoms with van der Waals surface area (Å²) in [5.74, 6) is 1.88. The molecule has 2 rings (SSSR count). The lowest BCUT2D eigenvalue weighted by Gasteiger charge is -2.15. The molecular weight excluding hydrogens is 306 g/mol. The van der Waals surface area contributed by atoms with Gasteiger partial charge in [-0.1, -0.05) is 18.2 Å². The molecule has 0 aliphatic rings. The Morgan fingerprint density at radius 1 is 1.08 bits per heavy atom. The van der Waals surface area contributed by atoms with Crippen LogP contribution in [0.15, 0.2) is 48.5 Å². The minimum absolute atomic E-state index is 0.189. The molecule has 1 amide bonds. The van der Waals surface area contributed by atoms with Crippen LogP contribution in [-0.2, 0) is 4.79 Å². The van der Waals surface area contributed by atoms with Crippen molar-refractivity contribution in [2.45, 2.75) is 20.0 Å². The first-order valence-electron chi connectivity index (χ1n) is 7.86. The molecular formula is C19H23NO4. The molecule has 0 aromatic heterocycles. The third-order valence-electron chi connectivity index (χ3n) is 3.38. The SMILES string of the molecule is COc1cccc(O[C@@H](C)C(=O)NCCOc2cccc(C)c2)c1. The summed E-state index contributed by atoms with van der Waals surface area (Å²) in [6, 6.07) is 15.0. The standard InChI is InChI=1S/C19H23NO4/c1-14-6-4-8-17(12-14)23-11-10-20-19(21)15(2)24-18-9-5-7-16(13-18)22-3/h4-9,12-13,15H,10-11H2,1-3H3,(H,20,21)/t15-/m0/s1. The number of hydrogen-bond acceptors (Lipinski definition) is 4. The highest BCUT2D eigenvalue weighted by Crippen LogP contribution is 2.19. The van der Waals surface area contributed by atoms with Gasteiger partial charge in [-0.15, -0.1) is 0 Å². The van der Waals surface area contributed by atoms with Crippen LogP contribution in [0.25, 0.3) is 0 Å². The summed E-state index contributed by atoms with van der Waals surface area (Å²) in [6.45, 7) is 4.53. The monoisotopic (exact) mass is 329 g/mol. The Morgan fingerprint density at radius 3 is 2.54 bits per heavy atom. The van der Waals surface area contributed by atoms with Crippen molar-refractivity contribution in [1.82, 2.24) is 5.32 Å². The number of ether oxygens (including phenoxy) is 3. The maximum Gasteiger partial charge on any atom is 0.260 e. The average molecular weight is 329 g/mol. The molecule has 0 saturated heterocycles. The summed E-state index contributed by atoms with van der Waals surface area (Å²) in [6.07, 6.45) is -0.601. The normalized spacial score (nSPS) is 11.5. The van der Waals surface area contributed by atoms with E-state index in [4.69, 9.17) is 14.2 Å². The lowest BCUT2D eigenvalue weighted by Crippen LogP contribution is -2.38. The minimum Gasteiger partial charge on any atom is -0.497 e. The van der Waals surface area contributed by atoms with Crippen molar-refractivity contribution in [1.29, 1.82) is 0 Å². The number of amides is 1. The van der Waals surface area contributed by atoms with Crippen LogP contribution in [0.5, 0.6) is 17.2 Å². The number of methoxy groups -OCH3 is 1.